The van der Waals surface area contributed by atoms with Crippen LogP contribution in [0, 0.1) is 0 Å². The molecular weight excluding hydrogens is 218 g/mol. The van der Waals surface area contributed by atoms with Crippen molar-refractivity contribution in [1.29, 1.82) is 0 Å². The summed E-state index contributed by atoms with van der Waals surface area (Å²) in [5.41, 5.74) is 6.73. The normalized spacial score (nSPS) is 20.2. The van der Waals surface area contributed by atoms with Gasteiger partial charge in [-0.05, 0) is 12.8 Å². The van der Waals surface area contributed by atoms with Gasteiger partial charge in [-0.3, -0.25) is 4.79 Å². The molecule has 1 aliphatic heterocycles. The number of amides is 1. The van der Waals surface area contributed by atoms with Crippen molar-refractivity contribution in [3.8, 4) is 0 Å². The van der Waals surface area contributed by atoms with Crippen molar-refractivity contribution in [1.82, 2.24) is 15.3 Å². The maximum Gasteiger partial charge on any atom is 0.239 e. The van der Waals surface area contributed by atoms with Crippen molar-refractivity contribution in [2.75, 3.05) is 30.3 Å². The molecular formula is C11H15N5O. The Morgan fingerprint density at radius 2 is 2.24 bits per heavy atom. The van der Waals surface area contributed by atoms with Crippen molar-refractivity contribution in [3.05, 3.63) is 11.8 Å². The molecule has 1 amide bonds. The van der Waals surface area contributed by atoms with E-state index in [4.69, 9.17) is 5.73 Å². The summed E-state index contributed by atoms with van der Waals surface area (Å²) in [5, 5.41) is 2.79. The number of nitrogens with zero attached hydrogens (tertiary/aromatic N) is 3. The van der Waals surface area contributed by atoms with Gasteiger partial charge in [0.05, 0.1) is 12.2 Å². The van der Waals surface area contributed by atoms with Gasteiger partial charge in [0.1, 0.15) is 5.82 Å². The summed E-state index contributed by atoms with van der Waals surface area (Å²) < 4.78 is 0. The van der Waals surface area contributed by atoms with Crippen LogP contribution in [0.4, 0.5) is 11.8 Å². The van der Waals surface area contributed by atoms with E-state index in [1.165, 1.54) is 12.8 Å². The van der Waals surface area contributed by atoms with Crippen LogP contribution >= 0.6 is 0 Å². The standard InChI is InChI=1S/C11H15N5O/c12-11-14-8(7-1-2-7)5-9(15-11)16-4-3-13-10(17)6-16/h5,7H,1-4,6H2,(H,13,17)(H2,12,14,15). The molecule has 0 atom stereocenters. The van der Waals surface area contributed by atoms with Crippen molar-refractivity contribution < 1.29 is 4.79 Å². The Balaban J connectivity index is 1.88. The van der Waals surface area contributed by atoms with Crippen LogP contribution in [0.1, 0.15) is 24.5 Å². The minimum Gasteiger partial charge on any atom is -0.368 e. The van der Waals surface area contributed by atoms with E-state index in [9.17, 15) is 4.79 Å². The highest BCUT2D eigenvalue weighted by molar-refractivity contribution is 5.82. The van der Waals surface area contributed by atoms with E-state index in [1.807, 2.05) is 11.0 Å². The number of hydrogen-bond acceptors (Lipinski definition) is 5. The molecule has 0 spiro atoms. The molecule has 0 radical (unpaired) electrons. The molecule has 17 heavy (non-hydrogen) atoms. The molecule has 6 heteroatoms. The Hall–Kier alpha value is -1.85. The maximum absolute atomic E-state index is 11.3. The van der Waals surface area contributed by atoms with E-state index in [0.29, 0.717) is 25.0 Å². The molecule has 6 nitrogen and oxygen atoms in total. The van der Waals surface area contributed by atoms with Crippen LogP contribution in [0.15, 0.2) is 6.07 Å². The highest BCUT2D eigenvalue weighted by atomic mass is 16.2. The third kappa shape index (κ3) is 2.15. The third-order valence-corrected chi connectivity index (χ3v) is 3.11. The zero-order valence-corrected chi connectivity index (χ0v) is 9.52. The molecule has 1 aromatic heterocycles. The monoisotopic (exact) mass is 233 g/mol. The summed E-state index contributed by atoms with van der Waals surface area (Å²) >= 11 is 0. The first-order chi connectivity index (χ1) is 8.22. The number of anilines is 2. The molecule has 2 heterocycles. The molecule has 1 aliphatic carbocycles. The van der Waals surface area contributed by atoms with Crippen LogP contribution in [0.5, 0.6) is 0 Å². The lowest BCUT2D eigenvalue weighted by Gasteiger charge is -2.27. The second-order valence-electron chi connectivity index (χ2n) is 4.55. The second kappa shape index (κ2) is 3.87. The number of nitrogens with two attached hydrogens (primary N) is 1. The molecule has 0 aromatic carbocycles. The zero-order chi connectivity index (χ0) is 11.8. The fraction of sp³-hybridized carbons (Fsp3) is 0.545. The van der Waals surface area contributed by atoms with Gasteiger partial charge in [-0.1, -0.05) is 0 Å². The van der Waals surface area contributed by atoms with Gasteiger partial charge in [0.2, 0.25) is 11.9 Å². The fourth-order valence-corrected chi connectivity index (χ4v) is 2.06. The molecule has 3 rings (SSSR count). The predicted octanol–water partition coefficient (Wildman–Crippen LogP) is -0.128. The van der Waals surface area contributed by atoms with E-state index in [-0.39, 0.29) is 5.91 Å². The lowest BCUT2D eigenvalue weighted by molar-refractivity contribution is -0.120. The smallest absolute Gasteiger partial charge is 0.239 e. The van der Waals surface area contributed by atoms with Gasteiger partial charge >= 0.3 is 0 Å². The Morgan fingerprint density at radius 3 is 2.94 bits per heavy atom. The van der Waals surface area contributed by atoms with Crippen molar-refractivity contribution in [2.24, 2.45) is 0 Å². The van der Waals surface area contributed by atoms with Crippen LogP contribution in [-0.4, -0.2) is 35.5 Å². The Morgan fingerprint density at radius 1 is 1.41 bits per heavy atom. The van der Waals surface area contributed by atoms with Gasteiger partial charge in [-0.25, -0.2) is 4.98 Å². The Labute approximate surface area is 99.2 Å². The van der Waals surface area contributed by atoms with Crippen LogP contribution in [0.2, 0.25) is 0 Å². The summed E-state index contributed by atoms with van der Waals surface area (Å²) in [6.45, 7) is 1.77. The average molecular weight is 233 g/mol. The number of aromatic nitrogens is 2. The topological polar surface area (TPSA) is 84.1 Å². The lowest BCUT2D eigenvalue weighted by atomic mass is 10.2. The first kappa shape index (κ1) is 10.3. The van der Waals surface area contributed by atoms with E-state index < -0.39 is 0 Å². The zero-order valence-electron chi connectivity index (χ0n) is 9.52. The van der Waals surface area contributed by atoms with Gasteiger partial charge < -0.3 is 16.0 Å². The van der Waals surface area contributed by atoms with Crippen LogP contribution < -0.4 is 16.0 Å². The molecule has 2 fully saturated rings. The molecule has 0 bridgehead atoms. The highest BCUT2D eigenvalue weighted by Gasteiger charge is 2.27. The molecule has 90 valence electrons. The number of hydrogen-bond donors (Lipinski definition) is 2. The maximum atomic E-state index is 11.3. The molecule has 1 saturated carbocycles. The number of piperazine rings is 1. The number of carbonyl (C=O) groups excluding carboxylic acids is 1. The van der Waals surface area contributed by atoms with Crippen LogP contribution in [0.25, 0.3) is 0 Å². The number of nitrogens with one attached hydrogen (secondary N) is 1. The third-order valence-electron chi connectivity index (χ3n) is 3.11. The van der Waals surface area contributed by atoms with Crippen molar-refractivity contribution in [3.63, 3.8) is 0 Å². The summed E-state index contributed by atoms with van der Waals surface area (Å²) in [5.74, 6) is 1.64. The van der Waals surface area contributed by atoms with Gasteiger partial charge in [-0.15, -0.1) is 0 Å². The molecule has 2 aliphatic rings. The van der Waals surface area contributed by atoms with Crippen molar-refractivity contribution >= 4 is 17.7 Å². The van der Waals surface area contributed by atoms with Gasteiger partial charge in [0, 0.05) is 25.1 Å². The van der Waals surface area contributed by atoms with Gasteiger partial charge in [-0.2, -0.15) is 4.98 Å². The molecule has 0 unspecified atom stereocenters. The molecule has 1 saturated heterocycles. The first-order valence-corrected chi connectivity index (χ1v) is 5.88. The number of carbonyl (C=O) groups is 1. The number of nitrogen functional groups attached to an aromatic ring is 1. The Bertz CT molecular complexity index is 457. The summed E-state index contributed by atoms with van der Waals surface area (Å²) in [6.07, 6.45) is 2.35. The van der Waals surface area contributed by atoms with Crippen LogP contribution in [-0.2, 0) is 4.79 Å². The lowest BCUT2D eigenvalue weighted by Crippen LogP contribution is -2.48. The minimum absolute atomic E-state index is 0.0291. The summed E-state index contributed by atoms with van der Waals surface area (Å²) in [7, 11) is 0. The quantitative estimate of drug-likeness (QED) is 0.743. The second-order valence-corrected chi connectivity index (χ2v) is 4.55. The van der Waals surface area contributed by atoms with E-state index in [2.05, 4.69) is 15.3 Å². The SMILES string of the molecule is Nc1nc(C2CC2)cc(N2CCNC(=O)C2)n1. The van der Waals surface area contributed by atoms with Crippen molar-refractivity contribution in [2.45, 2.75) is 18.8 Å². The highest BCUT2D eigenvalue weighted by Crippen LogP contribution is 2.40. The fourth-order valence-electron chi connectivity index (χ4n) is 2.06. The molecule has 3 N–H and O–H groups in total. The van der Waals surface area contributed by atoms with E-state index in [1.54, 1.807) is 0 Å². The average Bonchev–Trinajstić information content (AvgIpc) is 3.12. The van der Waals surface area contributed by atoms with Gasteiger partial charge in [0.25, 0.3) is 0 Å². The first-order valence-electron chi connectivity index (χ1n) is 5.88. The minimum atomic E-state index is 0.0291. The van der Waals surface area contributed by atoms with Gasteiger partial charge in [0.15, 0.2) is 0 Å². The van der Waals surface area contributed by atoms with E-state index >= 15 is 0 Å². The Kier molecular flexibility index (Phi) is 2.35. The van der Waals surface area contributed by atoms with Crippen LogP contribution in [0.3, 0.4) is 0 Å². The predicted molar refractivity (Wildman–Crippen MR) is 63.6 cm³/mol. The molecule has 1 aromatic rings. The summed E-state index contributed by atoms with van der Waals surface area (Å²) in [6, 6.07) is 1.96. The largest absolute Gasteiger partial charge is 0.368 e. The summed E-state index contributed by atoms with van der Waals surface area (Å²) in [4.78, 5) is 21.7. The van der Waals surface area contributed by atoms with E-state index in [0.717, 1.165) is 18.1 Å². The number of rotatable bonds is 2.